The van der Waals surface area contributed by atoms with Crippen LogP contribution in [0.3, 0.4) is 0 Å². The summed E-state index contributed by atoms with van der Waals surface area (Å²) in [5.41, 5.74) is 3.20. The summed E-state index contributed by atoms with van der Waals surface area (Å²) in [7, 11) is -3.78. The average molecular weight is 541 g/mol. The zero-order chi connectivity index (χ0) is 21.2. The molecule has 0 aliphatic heterocycles. The van der Waals surface area contributed by atoms with Gasteiger partial charge in [0.15, 0.2) is 0 Å². The topological polar surface area (TPSA) is 75.3 Å². The lowest BCUT2D eigenvalue weighted by Gasteiger charge is -2.12. The van der Waals surface area contributed by atoms with E-state index in [-0.39, 0.29) is 10.8 Å². The maximum absolute atomic E-state index is 12.7. The number of carbonyl (C=O) groups excluding carboxylic acids is 1. The first-order valence-corrected chi connectivity index (χ1v) is 11.6. The summed E-state index contributed by atoms with van der Waals surface area (Å²) in [5, 5.41) is 3.27. The number of halogens is 2. The van der Waals surface area contributed by atoms with Gasteiger partial charge in [0.25, 0.3) is 15.9 Å². The van der Waals surface area contributed by atoms with E-state index in [2.05, 4.69) is 32.6 Å². The number of benzene rings is 3. The molecule has 5 nitrogen and oxygen atoms in total. The second-order valence-corrected chi connectivity index (χ2v) is 9.73. The van der Waals surface area contributed by atoms with Crippen LogP contribution in [-0.4, -0.2) is 14.3 Å². The molecule has 0 radical (unpaired) electrons. The fourth-order valence-electron chi connectivity index (χ4n) is 2.64. The van der Waals surface area contributed by atoms with Crippen LogP contribution in [0.5, 0.6) is 0 Å². The van der Waals surface area contributed by atoms with Crippen molar-refractivity contribution in [3.8, 4) is 0 Å². The van der Waals surface area contributed by atoms with Crippen molar-refractivity contribution in [1.29, 1.82) is 0 Å². The maximum atomic E-state index is 12.7. The van der Waals surface area contributed by atoms with Crippen LogP contribution in [0.4, 0.5) is 11.4 Å². The van der Waals surface area contributed by atoms with Crippen LogP contribution in [0.25, 0.3) is 0 Å². The molecular weight excluding hydrogens is 523 g/mol. The van der Waals surface area contributed by atoms with Crippen molar-refractivity contribution in [2.45, 2.75) is 18.7 Å². The lowest BCUT2D eigenvalue weighted by atomic mass is 10.1. The number of sulfonamides is 1. The standard InChI is InChI=1S/C21H18ClIN2O3S/c1-13-6-11-17(19(23)12-13)21(26)24-15-7-9-16(10-8-15)29(27,28)25-20-5-3-4-18(22)14(20)2/h3-12,25H,1-2H3,(H,24,26). The van der Waals surface area contributed by atoms with Crippen molar-refractivity contribution in [2.24, 2.45) is 0 Å². The predicted octanol–water partition coefficient (Wildman–Crippen LogP) is 5.61. The molecule has 3 rings (SSSR count). The largest absolute Gasteiger partial charge is 0.322 e. The summed E-state index contributed by atoms with van der Waals surface area (Å²) in [6.45, 7) is 3.70. The van der Waals surface area contributed by atoms with Crippen molar-refractivity contribution >= 4 is 61.5 Å². The number of carbonyl (C=O) groups is 1. The third kappa shape index (κ3) is 5.09. The SMILES string of the molecule is Cc1ccc(C(=O)Nc2ccc(S(=O)(=O)Nc3cccc(Cl)c3C)cc2)c(I)c1. The molecule has 0 atom stereocenters. The molecule has 150 valence electrons. The molecule has 29 heavy (non-hydrogen) atoms. The first-order chi connectivity index (χ1) is 13.7. The summed E-state index contributed by atoms with van der Waals surface area (Å²) in [6.07, 6.45) is 0. The summed E-state index contributed by atoms with van der Waals surface area (Å²) >= 11 is 8.17. The van der Waals surface area contributed by atoms with E-state index >= 15 is 0 Å². The number of hydrogen-bond donors (Lipinski definition) is 2. The van der Waals surface area contributed by atoms with Gasteiger partial charge in [-0.2, -0.15) is 0 Å². The van der Waals surface area contributed by atoms with Gasteiger partial charge >= 0.3 is 0 Å². The lowest BCUT2D eigenvalue weighted by Crippen LogP contribution is -2.15. The number of rotatable bonds is 5. The highest BCUT2D eigenvalue weighted by molar-refractivity contribution is 14.1. The van der Waals surface area contributed by atoms with Crippen molar-refractivity contribution in [3.05, 3.63) is 85.9 Å². The lowest BCUT2D eigenvalue weighted by molar-refractivity contribution is 0.102. The Morgan fingerprint density at radius 3 is 2.34 bits per heavy atom. The van der Waals surface area contributed by atoms with Gasteiger partial charge in [-0.3, -0.25) is 9.52 Å². The minimum atomic E-state index is -3.78. The molecule has 3 aromatic rings. The Labute approximate surface area is 188 Å². The fraction of sp³-hybridized carbons (Fsp3) is 0.0952. The number of amides is 1. The Kier molecular flexibility index (Phi) is 6.50. The molecule has 0 aromatic heterocycles. The van der Waals surface area contributed by atoms with Gasteiger partial charge in [-0.25, -0.2) is 8.42 Å². The second-order valence-electron chi connectivity index (χ2n) is 6.48. The van der Waals surface area contributed by atoms with E-state index in [4.69, 9.17) is 11.6 Å². The molecule has 0 fully saturated rings. The van der Waals surface area contributed by atoms with Gasteiger partial charge in [0.05, 0.1) is 16.1 Å². The molecule has 3 aromatic carbocycles. The quantitative estimate of drug-likeness (QED) is 0.413. The molecule has 0 saturated carbocycles. The van der Waals surface area contributed by atoms with E-state index in [1.165, 1.54) is 12.1 Å². The molecule has 0 spiro atoms. The Balaban J connectivity index is 1.77. The van der Waals surface area contributed by atoms with E-state index in [1.807, 2.05) is 19.1 Å². The summed E-state index contributed by atoms with van der Waals surface area (Å²) in [5.74, 6) is -0.252. The van der Waals surface area contributed by atoms with Crippen molar-refractivity contribution in [1.82, 2.24) is 0 Å². The van der Waals surface area contributed by atoms with E-state index in [0.29, 0.717) is 27.5 Å². The minimum Gasteiger partial charge on any atom is -0.322 e. The molecule has 0 bridgehead atoms. The van der Waals surface area contributed by atoms with Crippen LogP contribution < -0.4 is 10.0 Å². The third-order valence-electron chi connectivity index (χ3n) is 4.30. The molecule has 0 unspecified atom stereocenters. The van der Waals surface area contributed by atoms with Gasteiger partial charge in [-0.05, 0) is 90.5 Å². The van der Waals surface area contributed by atoms with Gasteiger partial charge < -0.3 is 5.32 Å². The normalized spacial score (nSPS) is 11.2. The van der Waals surface area contributed by atoms with Crippen LogP contribution in [0, 0.1) is 17.4 Å². The zero-order valence-electron chi connectivity index (χ0n) is 15.7. The first-order valence-electron chi connectivity index (χ1n) is 8.63. The molecule has 2 N–H and O–H groups in total. The second kappa shape index (κ2) is 8.73. The van der Waals surface area contributed by atoms with Crippen molar-refractivity contribution in [2.75, 3.05) is 10.0 Å². The summed E-state index contributed by atoms with van der Waals surface area (Å²) in [6, 6.07) is 16.6. The van der Waals surface area contributed by atoms with Gasteiger partial charge in [-0.15, -0.1) is 0 Å². The van der Waals surface area contributed by atoms with Crippen LogP contribution in [-0.2, 0) is 10.0 Å². The van der Waals surface area contributed by atoms with E-state index < -0.39 is 10.0 Å². The number of hydrogen-bond acceptors (Lipinski definition) is 3. The highest BCUT2D eigenvalue weighted by Crippen LogP contribution is 2.26. The average Bonchev–Trinajstić information content (AvgIpc) is 2.65. The molecular formula is C21H18ClIN2O3S. The molecule has 0 heterocycles. The van der Waals surface area contributed by atoms with Crippen molar-refractivity contribution in [3.63, 3.8) is 0 Å². The third-order valence-corrected chi connectivity index (χ3v) is 6.99. The van der Waals surface area contributed by atoms with E-state index in [1.54, 1.807) is 43.3 Å². The van der Waals surface area contributed by atoms with Crippen LogP contribution in [0.1, 0.15) is 21.5 Å². The highest BCUT2D eigenvalue weighted by atomic mass is 127. The van der Waals surface area contributed by atoms with Gasteiger partial charge in [-0.1, -0.05) is 29.3 Å². The molecule has 1 amide bonds. The predicted molar refractivity (Wildman–Crippen MR) is 125 cm³/mol. The number of anilines is 2. The Hall–Kier alpha value is -2.10. The van der Waals surface area contributed by atoms with Gasteiger partial charge in [0.1, 0.15) is 0 Å². The molecule has 0 aliphatic rings. The Bertz CT molecular complexity index is 1180. The molecule has 0 saturated heterocycles. The monoisotopic (exact) mass is 540 g/mol. The molecule has 8 heteroatoms. The summed E-state index contributed by atoms with van der Waals surface area (Å²) < 4.78 is 28.7. The Morgan fingerprint density at radius 2 is 1.69 bits per heavy atom. The smallest absolute Gasteiger partial charge is 0.261 e. The molecule has 0 aliphatic carbocycles. The zero-order valence-corrected chi connectivity index (χ0v) is 19.4. The number of aryl methyl sites for hydroxylation is 1. The highest BCUT2D eigenvalue weighted by Gasteiger charge is 2.17. The van der Waals surface area contributed by atoms with Crippen molar-refractivity contribution < 1.29 is 13.2 Å². The van der Waals surface area contributed by atoms with Crippen LogP contribution in [0.2, 0.25) is 5.02 Å². The fourth-order valence-corrected chi connectivity index (χ4v) is 4.86. The summed E-state index contributed by atoms with van der Waals surface area (Å²) in [4.78, 5) is 12.6. The van der Waals surface area contributed by atoms with Gasteiger partial charge in [0, 0.05) is 14.3 Å². The van der Waals surface area contributed by atoms with Gasteiger partial charge in [0.2, 0.25) is 0 Å². The number of nitrogens with one attached hydrogen (secondary N) is 2. The first kappa shape index (κ1) is 21.6. The maximum Gasteiger partial charge on any atom is 0.261 e. The van der Waals surface area contributed by atoms with E-state index in [0.717, 1.165) is 9.13 Å². The minimum absolute atomic E-state index is 0.0831. The van der Waals surface area contributed by atoms with Crippen LogP contribution in [0.15, 0.2) is 65.6 Å². The van der Waals surface area contributed by atoms with Crippen LogP contribution >= 0.6 is 34.2 Å². The Morgan fingerprint density at radius 1 is 1.00 bits per heavy atom. The van der Waals surface area contributed by atoms with E-state index in [9.17, 15) is 13.2 Å².